The van der Waals surface area contributed by atoms with E-state index < -0.39 is 0 Å². The quantitative estimate of drug-likeness (QED) is 0.602. The Morgan fingerprint density at radius 3 is 2.62 bits per heavy atom. The zero-order valence-electron chi connectivity index (χ0n) is 14.8. The van der Waals surface area contributed by atoms with E-state index in [1.807, 2.05) is 24.3 Å². The summed E-state index contributed by atoms with van der Waals surface area (Å²) < 4.78 is 0. The van der Waals surface area contributed by atoms with Gasteiger partial charge in [-0.1, -0.05) is 52.2 Å². The summed E-state index contributed by atoms with van der Waals surface area (Å²) in [5, 5.41) is 16.5. The van der Waals surface area contributed by atoms with Gasteiger partial charge in [0, 0.05) is 17.6 Å². The standard InChI is InChI=1S/C19H12Cl3N5OS/c1-23-17-11-4-9(2-3-14(11)24-8-25-17)5-15-18(28)27-19(29-15)26-16-12(21)6-10(20)7-13(16)22/h2-8,28H,1H3,(H,26,27)/b9-5+,23-17?. The number of anilines is 2. The Balaban J connectivity index is 1.70. The number of halogens is 3. The van der Waals surface area contributed by atoms with Gasteiger partial charge in [0.15, 0.2) is 11.0 Å². The normalized spacial score (nSPS) is 14.8. The molecule has 0 bridgehead atoms. The minimum Gasteiger partial charge on any atom is -0.492 e. The van der Waals surface area contributed by atoms with E-state index >= 15 is 0 Å². The van der Waals surface area contributed by atoms with Crippen molar-refractivity contribution in [3.63, 3.8) is 0 Å². The number of aliphatic imine (C=N–C) groups is 2. The SMILES string of the molecule is CN=C1N=CN=c2cc/c(=C\c3sc(Nc4c(Cl)cc(Cl)cc4Cl)nc3O)cc21. The van der Waals surface area contributed by atoms with Crippen LogP contribution >= 0.6 is 46.1 Å². The second-order valence-corrected chi connectivity index (χ2v) is 8.20. The maximum absolute atomic E-state index is 10.3. The Morgan fingerprint density at radius 2 is 1.90 bits per heavy atom. The zero-order valence-corrected chi connectivity index (χ0v) is 17.9. The number of aromatic nitrogens is 1. The van der Waals surface area contributed by atoms with Crippen LogP contribution in [0.2, 0.25) is 15.1 Å². The van der Waals surface area contributed by atoms with Gasteiger partial charge in [-0.2, -0.15) is 4.98 Å². The van der Waals surface area contributed by atoms with E-state index in [4.69, 9.17) is 34.8 Å². The Kier molecular flexibility index (Phi) is 5.56. The third-order valence-corrected chi connectivity index (χ3v) is 5.74. The smallest absolute Gasteiger partial charge is 0.231 e. The lowest BCUT2D eigenvalue weighted by atomic mass is 10.1. The average Bonchev–Trinajstić information content (AvgIpc) is 3.03. The zero-order chi connectivity index (χ0) is 20.5. The van der Waals surface area contributed by atoms with Crippen molar-refractivity contribution in [1.29, 1.82) is 0 Å². The average molecular weight is 465 g/mol. The third-order valence-electron chi connectivity index (χ3n) is 4.02. The number of nitrogens with one attached hydrogen (secondary N) is 1. The molecular weight excluding hydrogens is 453 g/mol. The van der Waals surface area contributed by atoms with Crippen LogP contribution in [-0.2, 0) is 0 Å². The van der Waals surface area contributed by atoms with E-state index in [1.54, 1.807) is 19.2 Å². The Hall–Kier alpha value is -2.45. The highest BCUT2D eigenvalue weighted by Gasteiger charge is 2.13. The predicted octanol–water partition coefficient (Wildman–Crippen LogP) is 4.42. The van der Waals surface area contributed by atoms with E-state index in [0.29, 0.717) is 36.6 Å². The van der Waals surface area contributed by atoms with Gasteiger partial charge >= 0.3 is 0 Å². The number of hydrogen-bond donors (Lipinski definition) is 2. The Labute approximate surface area is 184 Å². The summed E-state index contributed by atoms with van der Waals surface area (Å²) in [7, 11) is 1.68. The summed E-state index contributed by atoms with van der Waals surface area (Å²) in [6, 6.07) is 8.84. The van der Waals surface area contributed by atoms with Gasteiger partial charge in [0.2, 0.25) is 5.88 Å². The van der Waals surface area contributed by atoms with Crippen molar-refractivity contribution in [2.24, 2.45) is 15.0 Å². The van der Waals surface area contributed by atoms with E-state index in [2.05, 4.69) is 25.3 Å². The van der Waals surface area contributed by atoms with E-state index in [9.17, 15) is 5.11 Å². The Bertz CT molecular complexity index is 1280. The Morgan fingerprint density at radius 1 is 1.14 bits per heavy atom. The van der Waals surface area contributed by atoms with Crippen molar-refractivity contribution in [1.82, 2.24) is 4.98 Å². The minimum atomic E-state index is -0.108. The molecule has 0 fully saturated rings. The fraction of sp³-hybridized carbons (Fsp3) is 0.0526. The van der Waals surface area contributed by atoms with Crippen molar-refractivity contribution in [2.75, 3.05) is 12.4 Å². The van der Waals surface area contributed by atoms with Crippen LogP contribution in [0.3, 0.4) is 0 Å². The maximum Gasteiger partial charge on any atom is 0.231 e. The molecule has 0 aliphatic carbocycles. The number of benzene rings is 2. The topological polar surface area (TPSA) is 82.2 Å². The molecule has 0 unspecified atom stereocenters. The highest BCUT2D eigenvalue weighted by molar-refractivity contribution is 7.16. The number of nitrogens with zero attached hydrogens (tertiary/aromatic N) is 4. The molecule has 3 aromatic rings. The van der Waals surface area contributed by atoms with E-state index in [-0.39, 0.29) is 5.88 Å². The van der Waals surface area contributed by atoms with Crippen LogP contribution in [0.15, 0.2) is 45.3 Å². The van der Waals surface area contributed by atoms with Crippen LogP contribution in [-0.4, -0.2) is 29.3 Å². The predicted molar refractivity (Wildman–Crippen MR) is 120 cm³/mol. The van der Waals surface area contributed by atoms with Crippen LogP contribution in [0.25, 0.3) is 6.08 Å². The number of aromatic hydroxyl groups is 1. The number of rotatable bonds is 3. The van der Waals surface area contributed by atoms with Crippen LogP contribution in [0, 0.1) is 0 Å². The van der Waals surface area contributed by atoms with Gasteiger partial charge in [-0.25, -0.2) is 9.98 Å². The minimum absolute atomic E-state index is 0.108. The number of fused-ring (bicyclic) bond motifs is 1. The lowest BCUT2D eigenvalue weighted by Crippen LogP contribution is -2.22. The second kappa shape index (κ2) is 8.12. The van der Waals surface area contributed by atoms with Crippen LogP contribution < -0.4 is 15.9 Å². The number of thiazole rings is 1. The summed E-state index contributed by atoms with van der Waals surface area (Å²) in [5.41, 5.74) is 1.29. The van der Waals surface area contributed by atoms with Crippen LogP contribution in [0.1, 0.15) is 10.4 Å². The summed E-state index contributed by atoms with van der Waals surface area (Å²) in [5.74, 6) is 0.497. The molecule has 1 aliphatic heterocycles. The second-order valence-electron chi connectivity index (χ2n) is 5.92. The molecule has 0 saturated heterocycles. The summed E-state index contributed by atoms with van der Waals surface area (Å²) in [6.07, 6.45) is 3.29. The molecule has 29 heavy (non-hydrogen) atoms. The van der Waals surface area contributed by atoms with E-state index in [1.165, 1.54) is 17.7 Å². The van der Waals surface area contributed by atoms with Crippen molar-refractivity contribution in [2.45, 2.75) is 0 Å². The molecule has 1 aliphatic rings. The number of hydrogen-bond acceptors (Lipinski definition) is 6. The first kappa shape index (κ1) is 19.8. The van der Waals surface area contributed by atoms with Gasteiger partial charge < -0.3 is 10.4 Å². The number of amidine groups is 1. The molecule has 10 heteroatoms. The molecule has 0 radical (unpaired) electrons. The van der Waals surface area contributed by atoms with Gasteiger partial charge in [-0.05, 0) is 35.6 Å². The van der Waals surface area contributed by atoms with Crippen molar-refractivity contribution >= 4 is 75.2 Å². The first-order chi connectivity index (χ1) is 13.9. The molecule has 4 rings (SSSR count). The summed E-state index contributed by atoms with van der Waals surface area (Å²) in [4.78, 5) is 17.3. The summed E-state index contributed by atoms with van der Waals surface area (Å²) in [6.45, 7) is 0. The molecule has 0 spiro atoms. The maximum atomic E-state index is 10.3. The van der Waals surface area contributed by atoms with Crippen molar-refractivity contribution in [3.8, 4) is 5.88 Å². The third kappa shape index (κ3) is 4.13. The van der Waals surface area contributed by atoms with Gasteiger partial charge in [0.25, 0.3) is 0 Å². The van der Waals surface area contributed by atoms with Crippen LogP contribution in [0.4, 0.5) is 10.8 Å². The van der Waals surface area contributed by atoms with Gasteiger partial charge in [0.1, 0.15) is 6.34 Å². The largest absolute Gasteiger partial charge is 0.492 e. The fourth-order valence-electron chi connectivity index (χ4n) is 2.72. The van der Waals surface area contributed by atoms with Gasteiger partial charge in [-0.3, -0.25) is 4.99 Å². The molecule has 6 nitrogen and oxygen atoms in total. The first-order valence-corrected chi connectivity index (χ1v) is 10.2. The molecule has 2 aromatic carbocycles. The highest BCUT2D eigenvalue weighted by atomic mass is 35.5. The molecule has 2 N–H and O–H groups in total. The molecule has 0 saturated carbocycles. The van der Waals surface area contributed by atoms with Crippen molar-refractivity contribution < 1.29 is 5.11 Å². The molecule has 0 amide bonds. The lowest BCUT2D eigenvalue weighted by Gasteiger charge is -2.07. The molecule has 0 atom stereocenters. The summed E-state index contributed by atoms with van der Waals surface area (Å²) >= 11 is 19.6. The highest BCUT2D eigenvalue weighted by Crippen LogP contribution is 2.38. The van der Waals surface area contributed by atoms with E-state index in [0.717, 1.165) is 16.1 Å². The molecule has 146 valence electrons. The monoisotopic (exact) mass is 463 g/mol. The lowest BCUT2D eigenvalue weighted by molar-refractivity contribution is 0.457. The van der Waals surface area contributed by atoms with Gasteiger partial charge in [-0.15, -0.1) is 0 Å². The van der Waals surface area contributed by atoms with Crippen LogP contribution in [0.5, 0.6) is 5.88 Å². The van der Waals surface area contributed by atoms with Crippen molar-refractivity contribution in [3.05, 3.63) is 66.4 Å². The van der Waals surface area contributed by atoms with Gasteiger partial charge in [0.05, 0.1) is 26.0 Å². The molecule has 2 heterocycles. The first-order valence-electron chi connectivity index (χ1n) is 8.25. The molecular formula is C19H12Cl3N5OS. The fourth-order valence-corrected chi connectivity index (χ4v) is 4.46. The molecule has 1 aromatic heterocycles.